The van der Waals surface area contributed by atoms with Crippen LogP contribution in [0.1, 0.15) is 31.2 Å². The van der Waals surface area contributed by atoms with Crippen LogP contribution >= 0.6 is 35.0 Å². The Morgan fingerprint density at radius 1 is 1.00 bits per heavy atom. The molecule has 2 nitrogen and oxygen atoms in total. The molecule has 5 heteroatoms. The molecule has 0 N–H and O–H groups in total. The van der Waals surface area contributed by atoms with E-state index >= 15 is 0 Å². The minimum atomic E-state index is 0.561. The summed E-state index contributed by atoms with van der Waals surface area (Å²) in [6, 6.07) is 14.3. The SMILES string of the molecule is Cc1ccc(-n2c(-c3ccc(Cl)c(Cl)c3)cnc2SC2CCCC2)cc1. The monoisotopic (exact) mass is 402 g/mol. The largest absolute Gasteiger partial charge is 0.287 e. The zero-order valence-electron chi connectivity index (χ0n) is 14.6. The summed E-state index contributed by atoms with van der Waals surface area (Å²) in [5.41, 5.74) is 4.42. The number of imidazole rings is 1. The lowest BCUT2D eigenvalue weighted by atomic mass is 10.1. The molecule has 26 heavy (non-hydrogen) atoms. The van der Waals surface area contributed by atoms with E-state index in [9.17, 15) is 0 Å². The van der Waals surface area contributed by atoms with E-state index in [-0.39, 0.29) is 0 Å². The number of benzene rings is 2. The topological polar surface area (TPSA) is 17.8 Å². The maximum Gasteiger partial charge on any atom is 0.173 e. The van der Waals surface area contributed by atoms with Crippen LogP contribution in [0.25, 0.3) is 16.9 Å². The van der Waals surface area contributed by atoms with Gasteiger partial charge >= 0.3 is 0 Å². The highest BCUT2D eigenvalue weighted by Gasteiger charge is 2.21. The summed E-state index contributed by atoms with van der Waals surface area (Å²) in [5, 5.41) is 2.83. The van der Waals surface area contributed by atoms with Crippen molar-refractivity contribution in [3.8, 4) is 16.9 Å². The predicted octanol–water partition coefficient (Wildman–Crippen LogP) is 7.19. The molecule has 1 fully saturated rings. The van der Waals surface area contributed by atoms with Crippen LogP contribution in [0, 0.1) is 6.92 Å². The van der Waals surface area contributed by atoms with E-state index in [1.807, 2.05) is 36.2 Å². The van der Waals surface area contributed by atoms with Crippen LogP contribution in [0.5, 0.6) is 0 Å². The van der Waals surface area contributed by atoms with Crippen molar-refractivity contribution in [3.05, 3.63) is 64.3 Å². The van der Waals surface area contributed by atoms with E-state index < -0.39 is 0 Å². The molecule has 0 bridgehead atoms. The number of aryl methyl sites for hydroxylation is 1. The second-order valence-corrected chi connectivity index (χ2v) is 8.83. The standard InChI is InChI=1S/C21H20Cl2N2S/c1-14-6-9-16(10-7-14)25-20(15-8-11-18(22)19(23)12-15)13-24-21(25)26-17-4-2-3-5-17/h6-13,17H,2-5H2,1H3. The van der Waals surface area contributed by atoms with Gasteiger partial charge in [-0.25, -0.2) is 4.98 Å². The van der Waals surface area contributed by atoms with E-state index in [2.05, 4.69) is 35.8 Å². The number of thioether (sulfide) groups is 1. The first-order valence-electron chi connectivity index (χ1n) is 8.88. The molecule has 134 valence electrons. The Balaban J connectivity index is 1.81. The minimum absolute atomic E-state index is 0.561. The fraction of sp³-hybridized carbons (Fsp3) is 0.286. The van der Waals surface area contributed by atoms with Gasteiger partial charge in [-0.05, 0) is 44.0 Å². The quantitative estimate of drug-likeness (QED) is 0.459. The van der Waals surface area contributed by atoms with Gasteiger partial charge in [-0.3, -0.25) is 4.57 Å². The fourth-order valence-corrected chi connectivity index (χ4v) is 4.96. The van der Waals surface area contributed by atoms with Crippen molar-refractivity contribution in [1.29, 1.82) is 0 Å². The van der Waals surface area contributed by atoms with Gasteiger partial charge < -0.3 is 0 Å². The van der Waals surface area contributed by atoms with Crippen LogP contribution in [0.4, 0.5) is 0 Å². The summed E-state index contributed by atoms with van der Waals surface area (Å²) in [4.78, 5) is 4.76. The van der Waals surface area contributed by atoms with Gasteiger partial charge in [-0.1, -0.05) is 71.6 Å². The summed E-state index contributed by atoms with van der Waals surface area (Å²) in [6.07, 6.45) is 7.13. The number of nitrogens with zero attached hydrogens (tertiary/aromatic N) is 2. The molecule has 0 atom stereocenters. The highest BCUT2D eigenvalue weighted by molar-refractivity contribution is 7.99. The fourth-order valence-electron chi connectivity index (χ4n) is 3.38. The first-order chi connectivity index (χ1) is 12.6. The third kappa shape index (κ3) is 3.66. The van der Waals surface area contributed by atoms with E-state index in [1.165, 1.54) is 31.2 Å². The molecular formula is C21H20Cl2N2S. The lowest BCUT2D eigenvalue weighted by Gasteiger charge is -2.15. The van der Waals surface area contributed by atoms with Gasteiger partial charge in [0.25, 0.3) is 0 Å². The van der Waals surface area contributed by atoms with Crippen molar-refractivity contribution in [2.24, 2.45) is 0 Å². The third-order valence-corrected chi connectivity index (χ3v) is 6.85. The van der Waals surface area contributed by atoms with E-state index in [1.54, 1.807) is 0 Å². The molecule has 2 aromatic carbocycles. The molecule has 0 radical (unpaired) electrons. The third-order valence-electron chi connectivity index (χ3n) is 4.81. The zero-order chi connectivity index (χ0) is 18.1. The molecule has 0 saturated heterocycles. The molecule has 0 aliphatic heterocycles. The minimum Gasteiger partial charge on any atom is -0.287 e. The second kappa shape index (κ2) is 7.67. The van der Waals surface area contributed by atoms with Crippen molar-refractivity contribution in [3.63, 3.8) is 0 Å². The van der Waals surface area contributed by atoms with Gasteiger partial charge in [-0.15, -0.1) is 0 Å². The van der Waals surface area contributed by atoms with Crippen molar-refractivity contribution in [1.82, 2.24) is 9.55 Å². The maximum atomic E-state index is 6.26. The molecule has 1 heterocycles. The van der Waals surface area contributed by atoms with Gasteiger partial charge in [-0.2, -0.15) is 0 Å². The van der Waals surface area contributed by atoms with E-state index in [4.69, 9.17) is 28.2 Å². The molecule has 1 aliphatic carbocycles. The summed E-state index contributed by atoms with van der Waals surface area (Å²) >= 11 is 14.3. The lowest BCUT2D eigenvalue weighted by molar-refractivity contribution is 0.861. The lowest BCUT2D eigenvalue weighted by Crippen LogP contribution is -2.02. The van der Waals surface area contributed by atoms with E-state index in [0.29, 0.717) is 15.3 Å². The Morgan fingerprint density at radius 2 is 1.73 bits per heavy atom. The van der Waals surface area contributed by atoms with Crippen LogP contribution < -0.4 is 0 Å². The number of hydrogen-bond donors (Lipinski definition) is 0. The molecule has 0 spiro atoms. The average Bonchev–Trinajstić information content (AvgIpc) is 3.29. The summed E-state index contributed by atoms with van der Waals surface area (Å²) in [7, 11) is 0. The second-order valence-electron chi connectivity index (χ2n) is 6.75. The highest BCUT2D eigenvalue weighted by Crippen LogP contribution is 2.38. The molecule has 4 rings (SSSR count). The highest BCUT2D eigenvalue weighted by atomic mass is 35.5. The molecule has 1 aromatic heterocycles. The summed E-state index contributed by atoms with van der Waals surface area (Å²) < 4.78 is 2.24. The Morgan fingerprint density at radius 3 is 2.42 bits per heavy atom. The number of halogens is 2. The van der Waals surface area contributed by atoms with Gasteiger partial charge in [0.05, 0.1) is 21.9 Å². The van der Waals surface area contributed by atoms with Gasteiger partial charge in [0.15, 0.2) is 5.16 Å². The van der Waals surface area contributed by atoms with Gasteiger partial charge in [0.2, 0.25) is 0 Å². The molecule has 3 aromatic rings. The number of rotatable bonds is 4. The van der Waals surface area contributed by atoms with Crippen LogP contribution in [-0.2, 0) is 0 Å². The normalized spacial score (nSPS) is 14.9. The molecule has 1 saturated carbocycles. The Bertz CT molecular complexity index is 912. The van der Waals surface area contributed by atoms with Crippen LogP contribution in [0.2, 0.25) is 10.0 Å². The smallest absolute Gasteiger partial charge is 0.173 e. The predicted molar refractivity (Wildman–Crippen MR) is 112 cm³/mol. The van der Waals surface area contributed by atoms with Gasteiger partial charge in [0.1, 0.15) is 0 Å². The van der Waals surface area contributed by atoms with Crippen LogP contribution in [-0.4, -0.2) is 14.8 Å². The first kappa shape index (κ1) is 18.0. The van der Waals surface area contributed by atoms with Crippen molar-refractivity contribution in [2.45, 2.75) is 43.0 Å². The van der Waals surface area contributed by atoms with Crippen LogP contribution in [0.3, 0.4) is 0 Å². The number of aromatic nitrogens is 2. The van der Waals surface area contributed by atoms with Crippen molar-refractivity contribution >= 4 is 35.0 Å². The maximum absolute atomic E-state index is 6.26. The average molecular weight is 403 g/mol. The molecule has 0 amide bonds. The van der Waals surface area contributed by atoms with Crippen LogP contribution in [0.15, 0.2) is 53.8 Å². The number of hydrogen-bond acceptors (Lipinski definition) is 2. The Labute approximate surface area is 168 Å². The molecule has 1 aliphatic rings. The first-order valence-corrected chi connectivity index (χ1v) is 10.5. The Kier molecular flexibility index (Phi) is 5.30. The van der Waals surface area contributed by atoms with Gasteiger partial charge in [0, 0.05) is 16.5 Å². The van der Waals surface area contributed by atoms with E-state index in [0.717, 1.165) is 22.1 Å². The van der Waals surface area contributed by atoms with Crippen molar-refractivity contribution in [2.75, 3.05) is 0 Å². The zero-order valence-corrected chi connectivity index (χ0v) is 16.9. The molecular weight excluding hydrogens is 383 g/mol. The van der Waals surface area contributed by atoms with Crippen molar-refractivity contribution < 1.29 is 0 Å². The summed E-state index contributed by atoms with van der Waals surface area (Å²) in [6.45, 7) is 2.10. The molecule has 0 unspecified atom stereocenters. The Hall–Kier alpha value is -1.42. The summed E-state index contributed by atoms with van der Waals surface area (Å²) in [5.74, 6) is 0.